The average Bonchev–Trinajstić information content (AvgIpc) is 2.74. The molecule has 0 aromatic carbocycles. The van der Waals surface area contributed by atoms with Crippen LogP contribution in [0.25, 0.3) is 11.2 Å². The standard InChI is InChI=1S/C14H18BrN3O2S/c1-4-5-14(2,3)18-12-10(6-9(15)7-16-12)17-13(18)21-8-11(19)20/h6-7H,4-5,8H2,1-3H3,(H,19,20). The molecule has 21 heavy (non-hydrogen) atoms. The summed E-state index contributed by atoms with van der Waals surface area (Å²) >= 11 is 4.63. The van der Waals surface area contributed by atoms with Gasteiger partial charge < -0.3 is 5.11 Å². The van der Waals surface area contributed by atoms with Gasteiger partial charge in [0.15, 0.2) is 10.8 Å². The fraction of sp³-hybridized carbons (Fsp3) is 0.500. The van der Waals surface area contributed by atoms with E-state index in [4.69, 9.17) is 5.11 Å². The smallest absolute Gasteiger partial charge is 0.313 e. The van der Waals surface area contributed by atoms with Gasteiger partial charge in [-0.15, -0.1) is 0 Å². The van der Waals surface area contributed by atoms with Gasteiger partial charge in [-0.3, -0.25) is 9.36 Å². The minimum absolute atomic E-state index is 0.00725. The molecule has 0 aliphatic rings. The van der Waals surface area contributed by atoms with Crippen molar-refractivity contribution in [2.24, 2.45) is 0 Å². The highest BCUT2D eigenvalue weighted by Gasteiger charge is 2.26. The number of halogens is 1. The van der Waals surface area contributed by atoms with Crippen molar-refractivity contribution in [3.8, 4) is 0 Å². The van der Waals surface area contributed by atoms with Gasteiger partial charge in [-0.25, -0.2) is 9.97 Å². The molecule has 0 atom stereocenters. The van der Waals surface area contributed by atoms with Crippen molar-refractivity contribution in [1.82, 2.24) is 14.5 Å². The zero-order valence-electron chi connectivity index (χ0n) is 12.3. The fourth-order valence-electron chi connectivity index (χ4n) is 2.41. The maximum absolute atomic E-state index is 10.8. The number of aromatic nitrogens is 3. The number of hydrogen-bond donors (Lipinski definition) is 1. The number of rotatable bonds is 6. The van der Waals surface area contributed by atoms with Crippen LogP contribution in [0.15, 0.2) is 21.9 Å². The minimum Gasteiger partial charge on any atom is -0.481 e. The van der Waals surface area contributed by atoms with E-state index in [-0.39, 0.29) is 11.3 Å². The number of thioether (sulfide) groups is 1. The maximum Gasteiger partial charge on any atom is 0.313 e. The molecule has 2 rings (SSSR count). The molecule has 1 N–H and O–H groups in total. The number of imidazole rings is 1. The number of hydrogen-bond acceptors (Lipinski definition) is 4. The molecule has 0 radical (unpaired) electrons. The second kappa shape index (κ2) is 6.36. The summed E-state index contributed by atoms with van der Waals surface area (Å²) < 4.78 is 2.93. The van der Waals surface area contributed by atoms with Crippen LogP contribution in [0.1, 0.15) is 33.6 Å². The van der Waals surface area contributed by atoms with Gasteiger partial charge in [0.25, 0.3) is 0 Å². The summed E-state index contributed by atoms with van der Waals surface area (Å²) in [6.45, 7) is 6.40. The molecular weight excluding hydrogens is 354 g/mol. The SMILES string of the molecule is CCCC(C)(C)n1c(SCC(=O)O)nc2cc(Br)cnc21. The molecule has 0 saturated heterocycles. The number of carboxylic acids is 1. The molecule has 0 saturated carbocycles. The first-order chi connectivity index (χ1) is 9.85. The van der Waals surface area contributed by atoms with Crippen LogP contribution >= 0.6 is 27.7 Å². The summed E-state index contributed by atoms with van der Waals surface area (Å²) in [5.41, 5.74) is 1.41. The van der Waals surface area contributed by atoms with E-state index in [0.29, 0.717) is 5.16 Å². The normalized spacial score (nSPS) is 12.0. The highest BCUT2D eigenvalue weighted by atomic mass is 79.9. The van der Waals surface area contributed by atoms with Gasteiger partial charge in [0.1, 0.15) is 5.52 Å². The van der Waals surface area contributed by atoms with Gasteiger partial charge >= 0.3 is 5.97 Å². The Balaban J connectivity index is 2.56. The molecule has 2 aromatic rings. The van der Waals surface area contributed by atoms with E-state index in [0.717, 1.165) is 28.5 Å². The van der Waals surface area contributed by atoms with Gasteiger partial charge in [0, 0.05) is 16.2 Å². The summed E-state index contributed by atoms with van der Waals surface area (Å²) in [7, 11) is 0. The summed E-state index contributed by atoms with van der Waals surface area (Å²) in [4.78, 5) is 19.9. The summed E-state index contributed by atoms with van der Waals surface area (Å²) in [5.74, 6) is -0.854. The average molecular weight is 372 g/mol. The van der Waals surface area contributed by atoms with Crippen molar-refractivity contribution in [2.75, 3.05) is 5.75 Å². The van der Waals surface area contributed by atoms with Crippen molar-refractivity contribution < 1.29 is 9.90 Å². The van der Waals surface area contributed by atoms with E-state index in [1.165, 1.54) is 11.8 Å². The fourth-order valence-corrected chi connectivity index (χ4v) is 3.61. The number of fused-ring (bicyclic) bond motifs is 1. The Morgan fingerprint density at radius 1 is 1.52 bits per heavy atom. The first-order valence-corrected chi connectivity index (χ1v) is 8.52. The van der Waals surface area contributed by atoms with Crippen LogP contribution in [0.3, 0.4) is 0 Å². The lowest BCUT2D eigenvalue weighted by Crippen LogP contribution is -2.27. The number of pyridine rings is 1. The van der Waals surface area contributed by atoms with Crippen LogP contribution in [0.2, 0.25) is 0 Å². The molecule has 0 unspecified atom stereocenters. The zero-order chi connectivity index (χ0) is 15.6. The first-order valence-electron chi connectivity index (χ1n) is 6.74. The second-order valence-electron chi connectivity index (χ2n) is 5.47. The Kier molecular flexibility index (Phi) is 4.93. The lowest BCUT2D eigenvalue weighted by atomic mass is 9.99. The largest absolute Gasteiger partial charge is 0.481 e. The zero-order valence-corrected chi connectivity index (χ0v) is 14.7. The molecule has 2 heterocycles. The quantitative estimate of drug-likeness (QED) is 0.779. The topological polar surface area (TPSA) is 68.0 Å². The lowest BCUT2D eigenvalue weighted by molar-refractivity contribution is -0.133. The van der Waals surface area contributed by atoms with E-state index >= 15 is 0 Å². The number of carbonyl (C=O) groups is 1. The van der Waals surface area contributed by atoms with E-state index < -0.39 is 5.97 Å². The highest BCUT2D eigenvalue weighted by Crippen LogP contribution is 2.33. The van der Waals surface area contributed by atoms with E-state index in [1.807, 2.05) is 6.07 Å². The van der Waals surface area contributed by atoms with Gasteiger partial charge in [-0.2, -0.15) is 0 Å². The van der Waals surface area contributed by atoms with Crippen molar-refractivity contribution in [3.63, 3.8) is 0 Å². The van der Waals surface area contributed by atoms with Crippen LogP contribution in [0.5, 0.6) is 0 Å². The van der Waals surface area contributed by atoms with Crippen molar-refractivity contribution in [3.05, 3.63) is 16.7 Å². The molecule has 0 bridgehead atoms. The van der Waals surface area contributed by atoms with Gasteiger partial charge in [-0.1, -0.05) is 25.1 Å². The van der Waals surface area contributed by atoms with Crippen LogP contribution in [0.4, 0.5) is 0 Å². The summed E-state index contributed by atoms with van der Waals surface area (Å²) in [6, 6.07) is 1.91. The Bertz CT molecular complexity index is 670. The Morgan fingerprint density at radius 3 is 2.86 bits per heavy atom. The van der Waals surface area contributed by atoms with Crippen LogP contribution < -0.4 is 0 Å². The van der Waals surface area contributed by atoms with Crippen molar-refractivity contribution in [2.45, 2.75) is 44.3 Å². The van der Waals surface area contributed by atoms with Crippen LogP contribution in [-0.4, -0.2) is 31.4 Å². The number of nitrogens with zero attached hydrogens (tertiary/aromatic N) is 3. The number of carboxylic acid groups (broad SMARTS) is 1. The molecule has 5 nitrogen and oxygen atoms in total. The van der Waals surface area contributed by atoms with Crippen LogP contribution in [-0.2, 0) is 10.3 Å². The first kappa shape index (κ1) is 16.3. The highest BCUT2D eigenvalue weighted by molar-refractivity contribution is 9.10. The predicted octanol–water partition coefficient (Wildman–Crippen LogP) is 3.91. The molecule has 0 spiro atoms. The molecule has 0 aliphatic carbocycles. The Morgan fingerprint density at radius 2 is 2.24 bits per heavy atom. The third-order valence-electron chi connectivity index (χ3n) is 3.22. The van der Waals surface area contributed by atoms with Crippen molar-refractivity contribution >= 4 is 44.8 Å². The van der Waals surface area contributed by atoms with Gasteiger partial charge in [0.2, 0.25) is 0 Å². The minimum atomic E-state index is -0.846. The maximum atomic E-state index is 10.8. The Hall–Kier alpha value is -1.08. The molecule has 2 aromatic heterocycles. The molecular formula is C14H18BrN3O2S. The molecule has 0 amide bonds. The second-order valence-corrected chi connectivity index (χ2v) is 7.33. The van der Waals surface area contributed by atoms with E-state index in [2.05, 4.69) is 51.2 Å². The lowest BCUT2D eigenvalue weighted by Gasteiger charge is -2.28. The monoisotopic (exact) mass is 371 g/mol. The summed E-state index contributed by atoms with van der Waals surface area (Å²) in [6.07, 6.45) is 3.75. The Labute approximate surface area is 136 Å². The molecule has 0 fully saturated rings. The summed E-state index contributed by atoms with van der Waals surface area (Å²) in [5, 5.41) is 9.61. The van der Waals surface area contributed by atoms with E-state index in [9.17, 15) is 4.79 Å². The van der Waals surface area contributed by atoms with Crippen molar-refractivity contribution in [1.29, 1.82) is 0 Å². The molecule has 7 heteroatoms. The predicted molar refractivity (Wildman–Crippen MR) is 87.8 cm³/mol. The third-order valence-corrected chi connectivity index (χ3v) is 4.58. The molecule has 0 aliphatic heterocycles. The van der Waals surface area contributed by atoms with Crippen LogP contribution in [0, 0.1) is 0 Å². The molecule has 114 valence electrons. The van der Waals surface area contributed by atoms with Gasteiger partial charge in [-0.05, 0) is 42.3 Å². The number of aliphatic carboxylic acids is 1. The van der Waals surface area contributed by atoms with E-state index in [1.54, 1.807) is 6.20 Å². The third kappa shape index (κ3) is 3.58. The van der Waals surface area contributed by atoms with Gasteiger partial charge in [0.05, 0.1) is 5.75 Å².